The first kappa shape index (κ1) is 69.5. The third-order valence-electron chi connectivity index (χ3n) is 15.3. The second-order valence-electron chi connectivity index (χ2n) is 21.8. The minimum atomic E-state index is -1.98. The summed E-state index contributed by atoms with van der Waals surface area (Å²) in [6, 6.07) is -0.982. The highest BCUT2D eigenvalue weighted by molar-refractivity contribution is 5.76. The Labute approximate surface area is 460 Å². The van der Waals surface area contributed by atoms with E-state index >= 15 is 0 Å². The first-order valence-corrected chi connectivity index (χ1v) is 30.1. The summed E-state index contributed by atoms with van der Waals surface area (Å²) in [6.07, 6.45) is 16.9. The Balaban J connectivity index is 1.39. The molecule has 0 aromatic heterocycles. The van der Waals surface area contributed by atoms with Crippen LogP contribution in [0.2, 0.25) is 0 Å². The predicted molar refractivity (Wildman–Crippen MR) is 291 cm³/mol. The summed E-state index contributed by atoms with van der Waals surface area (Å²) < 4.78 is 34.1. The van der Waals surface area contributed by atoms with Gasteiger partial charge in [0.05, 0.1) is 38.6 Å². The number of hydrogen-bond acceptors (Lipinski definition) is 18. The minimum absolute atomic E-state index is 0.232. The van der Waals surface area contributed by atoms with Gasteiger partial charge in [-0.1, -0.05) is 192 Å². The lowest BCUT2D eigenvalue weighted by Gasteiger charge is -2.48. The van der Waals surface area contributed by atoms with E-state index in [9.17, 15) is 61.0 Å². The van der Waals surface area contributed by atoms with Crippen LogP contribution in [0.4, 0.5) is 0 Å². The molecule has 77 heavy (non-hydrogen) atoms. The molecular weight excluding hydrogens is 999 g/mol. The maximum absolute atomic E-state index is 13.1. The van der Waals surface area contributed by atoms with Gasteiger partial charge in [0.15, 0.2) is 18.9 Å². The minimum Gasteiger partial charge on any atom is -0.394 e. The van der Waals surface area contributed by atoms with Crippen molar-refractivity contribution in [3.05, 3.63) is 24.3 Å². The maximum atomic E-state index is 13.1. The van der Waals surface area contributed by atoms with Crippen molar-refractivity contribution < 1.29 is 89.4 Å². The molecule has 0 aromatic rings. The lowest BCUT2D eigenvalue weighted by molar-refractivity contribution is -0.379. The van der Waals surface area contributed by atoms with E-state index in [0.717, 1.165) is 44.9 Å². The van der Waals surface area contributed by atoms with Crippen molar-refractivity contribution in [2.75, 3.05) is 26.4 Å². The van der Waals surface area contributed by atoms with Crippen molar-refractivity contribution in [3.63, 3.8) is 0 Å². The number of aliphatic hydroxyl groups excluding tert-OH is 11. The van der Waals surface area contributed by atoms with Gasteiger partial charge < -0.3 is 89.9 Å². The third-order valence-corrected chi connectivity index (χ3v) is 15.3. The number of ether oxygens (including phenoxy) is 6. The molecule has 3 fully saturated rings. The summed E-state index contributed by atoms with van der Waals surface area (Å²) in [6.45, 7) is 1.59. The lowest BCUT2D eigenvalue weighted by atomic mass is 9.96. The number of hydrogen-bond donors (Lipinski definition) is 12. The number of nitrogens with one attached hydrogen (secondary N) is 1. The van der Waals surface area contributed by atoms with E-state index in [-0.39, 0.29) is 18.9 Å². The summed E-state index contributed by atoms with van der Waals surface area (Å²) in [5.41, 5.74) is 0. The second kappa shape index (κ2) is 42.1. The molecule has 0 spiro atoms. The van der Waals surface area contributed by atoms with Gasteiger partial charge in [0, 0.05) is 6.42 Å². The van der Waals surface area contributed by atoms with Gasteiger partial charge in [0.25, 0.3) is 0 Å². The molecule has 3 rings (SSSR count). The zero-order chi connectivity index (χ0) is 56.2. The molecule has 12 N–H and O–H groups in total. The number of amides is 1. The Kier molecular flexibility index (Phi) is 38.1. The Morgan fingerprint density at radius 1 is 0.455 bits per heavy atom. The number of allylic oxidation sites excluding steroid dienone is 3. The highest BCUT2D eigenvalue weighted by atomic mass is 16.8. The first-order chi connectivity index (χ1) is 37.3. The fraction of sp³-hybridized carbons (Fsp3) is 0.914. The van der Waals surface area contributed by atoms with E-state index in [0.29, 0.717) is 12.8 Å². The second-order valence-corrected chi connectivity index (χ2v) is 21.8. The average molecular weight is 1110 g/mol. The normalized spacial score (nSPS) is 30.8. The molecular formula is C58H107NO18. The number of carbonyl (C=O) groups is 1. The summed E-state index contributed by atoms with van der Waals surface area (Å²) in [4.78, 5) is 13.1. The van der Waals surface area contributed by atoms with E-state index in [1.54, 1.807) is 6.08 Å². The topological polar surface area (TPSA) is 307 Å². The molecule has 17 unspecified atom stereocenters. The van der Waals surface area contributed by atoms with Crippen LogP contribution in [0.1, 0.15) is 206 Å². The van der Waals surface area contributed by atoms with Crippen LogP contribution in [0.25, 0.3) is 0 Å². The third kappa shape index (κ3) is 26.4. The largest absolute Gasteiger partial charge is 0.394 e. The Morgan fingerprint density at radius 2 is 0.831 bits per heavy atom. The summed E-state index contributed by atoms with van der Waals surface area (Å²) in [5, 5.41) is 119. The van der Waals surface area contributed by atoms with Crippen molar-refractivity contribution >= 4 is 5.91 Å². The van der Waals surface area contributed by atoms with Gasteiger partial charge in [-0.15, -0.1) is 0 Å². The van der Waals surface area contributed by atoms with Crippen LogP contribution in [0.15, 0.2) is 24.3 Å². The van der Waals surface area contributed by atoms with Gasteiger partial charge in [-0.2, -0.15) is 0 Å². The highest BCUT2D eigenvalue weighted by Gasteiger charge is 2.53. The molecule has 19 heteroatoms. The Hall–Kier alpha value is -1.73. The van der Waals surface area contributed by atoms with Crippen molar-refractivity contribution in [3.8, 4) is 0 Å². The van der Waals surface area contributed by atoms with Gasteiger partial charge >= 0.3 is 0 Å². The molecule has 17 atom stereocenters. The van der Waals surface area contributed by atoms with E-state index < -0.39 is 124 Å². The molecule has 0 radical (unpaired) electrons. The van der Waals surface area contributed by atoms with Gasteiger partial charge in [0.1, 0.15) is 73.2 Å². The van der Waals surface area contributed by atoms with Crippen LogP contribution < -0.4 is 5.32 Å². The van der Waals surface area contributed by atoms with Crippen LogP contribution in [-0.2, 0) is 33.2 Å². The van der Waals surface area contributed by atoms with Gasteiger partial charge in [-0.05, 0) is 32.1 Å². The number of carbonyl (C=O) groups excluding carboxylic acids is 1. The van der Waals surface area contributed by atoms with Gasteiger partial charge in [-0.25, -0.2) is 0 Å². The number of rotatable bonds is 44. The quantitative estimate of drug-likeness (QED) is 0.0277. The Bertz CT molecular complexity index is 1510. The molecule has 3 heterocycles. The van der Waals surface area contributed by atoms with Crippen LogP contribution in [0.5, 0.6) is 0 Å². The zero-order valence-corrected chi connectivity index (χ0v) is 46.9. The zero-order valence-electron chi connectivity index (χ0n) is 46.9. The average Bonchev–Trinajstić information content (AvgIpc) is 3.45. The van der Waals surface area contributed by atoms with Crippen LogP contribution in [0, 0.1) is 0 Å². The first-order valence-electron chi connectivity index (χ1n) is 30.1. The fourth-order valence-electron chi connectivity index (χ4n) is 10.3. The van der Waals surface area contributed by atoms with E-state index in [4.69, 9.17) is 28.4 Å². The summed E-state index contributed by atoms with van der Waals surface area (Å²) in [5.74, 6) is -0.298. The maximum Gasteiger partial charge on any atom is 0.220 e. The fourth-order valence-corrected chi connectivity index (χ4v) is 10.3. The molecule has 0 saturated carbocycles. The molecule has 19 nitrogen and oxygen atoms in total. The van der Waals surface area contributed by atoms with Crippen LogP contribution >= 0.6 is 0 Å². The van der Waals surface area contributed by atoms with Crippen LogP contribution in [0.3, 0.4) is 0 Å². The predicted octanol–water partition coefficient (Wildman–Crippen LogP) is 5.15. The number of unbranched alkanes of at least 4 members (excludes halogenated alkanes) is 26. The molecule has 0 bridgehead atoms. The smallest absolute Gasteiger partial charge is 0.220 e. The SMILES string of the molecule is CCCCCCCCCCCCCCCCCCCCCCC/C=C/CC/C=C/C(O)C(COC1OC(CO)C(OC2OC(CO)C(OC3OC(CO)C(O)C(O)C3O)C(O)C2O)C(O)C1O)NC(=O)CCCCCCC. The van der Waals surface area contributed by atoms with E-state index in [1.165, 1.54) is 128 Å². The van der Waals surface area contributed by atoms with E-state index in [1.807, 2.05) is 6.08 Å². The van der Waals surface area contributed by atoms with Crippen molar-refractivity contribution in [1.82, 2.24) is 5.32 Å². The molecule has 3 aliphatic rings. The van der Waals surface area contributed by atoms with Crippen LogP contribution in [-0.4, -0.2) is 193 Å². The van der Waals surface area contributed by atoms with Crippen molar-refractivity contribution in [1.29, 1.82) is 0 Å². The molecule has 3 saturated heterocycles. The highest BCUT2D eigenvalue weighted by Crippen LogP contribution is 2.33. The monoisotopic (exact) mass is 1110 g/mol. The molecule has 1 amide bonds. The van der Waals surface area contributed by atoms with E-state index in [2.05, 4.69) is 31.3 Å². The lowest BCUT2D eigenvalue weighted by Crippen LogP contribution is -2.66. The summed E-state index contributed by atoms with van der Waals surface area (Å²) >= 11 is 0. The molecule has 0 aromatic carbocycles. The van der Waals surface area contributed by atoms with Crippen molar-refractivity contribution in [2.24, 2.45) is 0 Å². The number of aliphatic hydroxyl groups is 11. The molecule has 452 valence electrons. The van der Waals surface area contributed by atoms with Gasteiger partial charge in [0.2, 0.25) is 5.91 Å². The van der Waals surface area contributed by atoms with Crippen molar-refractivity contribution in [2.45, 2.75) is 311 Å². The summed E-state index contributed by atoms with van der Waals surface area (Å²) in [7, 11) is 0. The standard InChI is InChI=1S/C58H107NO18/c1-3-5-7-9-10-11-12-13-14-15-16-17-18-19-20-21-22-23-24-25-26-27-28-29-30-32-33-35-42(63)41(59-46(64)36-34-31-8-6-4-2)40-72-56-52(70)49(67)54(44(38-61)74-56)77-58-53(71)50(68)55(45(39-62)75-58)76-57-51(69)48(66)47(65)43(37-60)73-57/h28-29,33,35,41-45,47-58,60-63,65-71H,3-27,30-32,34,36-40H2,1-2H3,(H,59,64)/b29-28+,35-33+. The Morgan fingerprint density at radius 3 is 1.30 bits per heavy atom. The van der Waals surface area contributed by atoms with Gasteiger partial charge in [-0.3, -0.25) is 4.79 Å². The molecule has 0 aliphatic carbocycles. The molecule has 3 aliphatic heterocycles.